The van der Waals surface area contributed by atoms with Gasteiger partial charge in [-0.25, -0.2) is 9.78 Å². The van der Waals surface area contributed by atoms with Crippen molar-refractivity contribution in [3.8, 4) is 11.1 Å². The lowest BCUT2D eigenvalue weighted by molar-refractivity contribution is 0.00578. The fourth-order valence-corrected chi connectivity index (χ4v) is 6.08. The summed E-state index contributed by atoms with van der Waals surface area (Å²) in [6, 6.07) is 14.8. The molecular formula is C30H38BN3O4. The largest absolute Gasteiger partial charge is 0.494 e. The van der Waals surface area contributed by atoms with E-state index in [2.05, 4.69) is 75.1 Å². The smallest absolute Gasteiger partial charge is 0.444 e. The van der Waals surface area contributed by atoms with Gasteiger partial charge in [0, 0.05) is 6.04 Å². The van der Waals surface area contributed by atoms with Crippen LogP contribution in [0.25, 0.3) is 22.2 Å². The van der Waals surface area contributed by atoms with Crippen LogP contribution >= 0.6 is 0 Å². The molecule has 2 aromatic carbocycles. The van der Waals surface area contributed by atoms with Crippen LogP contribution in [0, 0.1) is 5.92 Å². The summed E-state index contributed by atoms with van der Waals surface area (Å²) in [6.45, 7) is 14.0. The highest BCUT2D eigenvalue weighted by atomic mass is 16.7. The monoisotopic (exact) mass is 515 g/mol. The first-order chi connectivity index (χ1) is 17.8. The number of benzene rings is 2. The van der Waals surface area contributed by atoms with Crippen LogP contribution in [0.3, 0.4) is 0 Å². The predicted octanol–water partition coefficient (Wildman–Crippen LogP) is 5.99. The Balaban J connectivity index is 1.25. The molecule has 3 aromatic rings. The molecular weight excluding hydrogens is 477 g/mol. The van der Waals surface area contributed by atoms with E-state index < -0.39 is 5.60 Å². The van der Waals surface area contributed by atoms with E-state index in [9.17, 15) is 4.79 Å². The number of rotatable bonds is 3. The van der Waals surface area contributed by atoms with Gasteiger partial charge in [0.15, 0.2) is 0 Å². The maximum atomic E-state index is 13.1. The maximum absolute atomic E-state index is 13.1. The number of carbonyl (C=O) groups excluding carboxylic acids is 1. The number of H-pyrrole nitrogens is 1. The minimum Gasteiger partial charge on any atom is -0.444 e. The highest BCUT2D eigenvalue weighted by molar-refractivity contribution is 6.62. The van der Waals surface area contributed by atoms with Gasteiger partial charge < -0.3 is 19.0 Å². The van der Waals surface area contributed by atoms with Crippen LogP contribution in [0.5, 0.6) is 0 Å². The minimum atomic E-state index is -0.524. The quantitative estimate of drug-likeness (QED) is 0.434. The highest BCUT2D eigenvalue weighted by Gasteiger charge is 2.52. The molecule has 1 saturated carbocycles. The molecule has 200 valence electrons. The van der Waals surface area contributed by atoms with Gasteiger partial charge in [0.25, 0.3) is 0 Å². The van der Waals surface area contributed by atoms with Crippen molar-refractivity contribution in [2.75, 3.05) is 0 Å². The molecule has 38 heavy (non-hydrogen) atoms. The Morgan fingerprint density at radius 1 is 1.03 bits per heavy atom. The minimum absolute atomic E-state index is 0.0707. The second kappa shape index (κ2) is 8.58. The Hall–Kier alpha value is -2.84. The van der Waals surface area contributed by atoms with Crippen LogP contribution in [0.2, 0.25) is 0 Å². The second-order valence-corrected chi connectivity index (χ2v) is 13.1. The Labute approximate surface area is 225 Å². The highest BCUT2D eigenvalue weighted by Crippen LogP contribution is 2.50. The van der Waals surface area contributed by atoms with Crippen molar-refractivity contribution in [2.45, 2.75) is 96.6 Å². The molecule has 1 unspecified atom stereocenters. The number of nitrogens with one attached hydrogen (secondary N) is 1. The zero-order valence-corrected chi connectivity index (χ0v) is 23.5. The van der Waals surface area contributed by atoms with Crippen molar-refractivity contribution in [1.82, 2.24) is 14.9 Å². The average molecular weight is 515 g/mol. The molecule has 1 aromatic heterocycles. The van der Waals surface area contributed by atoms with E-state index in [4.69, 9.17) is 19.0 Å². The number of imidazole rings is 1. The number of nitrogens with zero attached hydrogens (tertiary/aromatic N) is 2. The number of piperidine rings is 1. The van der Waals surface area contributed by atoms with E-state index in [-0.39, 0.29) is 36.5 Å². The molecule has 3 atom stereocenters. The number of hydrogen-bond acceptors (Lipinski definition) is 5. The van der Waals surface area contributed by atoms with E-state index >= 15 is 0 Å². The number of hydrogen-bond donors (Lipinski definition) is 1. The molecule has 8 heteroatoms. The Morgan fingerprint density at radius 3 is 2.34 bits per heavy atom. The van der Waals surface area contributed by atoms with Gasteiger partial charge in [0.1, 0.15) is 11.4 Å². The van der Waals surface area contributed by atoms with Gasteiger partial charge in [-0.05, 0) is 102 Å². The number of amides is 1. The third kappa shape index (κ3) is 4.32. The number of aromatic amines is 1. The molecule has 1 aliphatic carbocycles. The van der Waals surface area contributed by atoms with Crippen LogP contribution in [-0.2, 0) is 14.0 Å². The predicted molar refractivity (Wildman–Crippen MR) is 149 cm³/mol. The van der Waals surface area contributed by atoms with Crippen LogP contribution in [-0.4, -0.2) is 50.9 Å². The molecule has 6 rings (SSSR count). The van der Waals surface area contributed by atoms with Crippen molar-refractivity contribution in [2.24, 2.45) is 5.92 Å². The molecule has 3 aliphatic rings. The molecule has 2 bridgehead atoms. The van der Waals surface area contributed by atoms with E-state index in [1.807, 2.05) is 25.7 Å². The van der Waals surface area contributed by atoms with Crippen molar-refractivity contribution < 1.29 is 18.8 Å². The van der Waals surface area contributed by atoms with Gasteiger partial charge in [-0.2, -0.15) is 0 Å². The van der Waals surface area contributed by atoms with Gasteiger partial charge in [-0.3, -0.25) is 4.90 Å². The number of ether oxygens (including phenoxy) is 1. The number of aromatic nitrogens is 2. The second-order valence-electron chi connectivity index (χ2n) is 13.1. The van der Waals surface area contributed by atoms with E-state index in [1.165, 1.54) is 0 Å². The molecule has 2 aliphatic heterocycles. The lowest BCUT2D eigenvalue weighted by atomic mass is 9.78. The van der Waals surface area contributed by atoms with Crippen molar-refractivity contribution in [3.63, 3.8) is 0 Å². The Kier molecular flexibility index (Phi) is 5.75. The third-order valence-electron chi connectivity index (χ3n) is 8.74. The molecule has 0 radical (unpaired) electrons. The number of likely N-dealkylation sites (tertiary alicyclic amines) is 1. The van der Waals surface area contributed by atoms with Crippen molar-refractivity contribution >= 4 is 29.7 Å². The van der Waals surface area contributed by atoms with E-state index in [1.54, 1.807) is 0 Å². The number of carbonyl (C=O) groups is 1. The van der Waals surface area contributed by atoms with Gasteiger partial charge in [-0.1, -0.05) is 30.3 Å². The molecule has 1 N–H and O–H groups in total. The van der Waals surface area contributed by atoms with Gasteiger partial charge in [0.2, 0.25) is 0 Å². The summed E-state index contributed by atoms with van der Waals surface area (Å²) in [5, 5.41) is 0. The van der Waals surface area contributed by atoms with E-state index in [0.717, 1.165) is 52.7 Å². The van der Waals surface area contributed by atoms with Crippen LogP contribution in [0.15, 0.2) is 42.5 Å². The third-order valence-corrected chi connectivity index (χ3v) is 8.74. The fourth-order valence-electron chi connectivity index (χ4n) is 6.08. The summed E-state index contributed by atoms with van der Waals surface area (Å²) in [5.41, 5.74) is 3.85. The van der Waals surface area contributed by atoms with Crippen molar-refractivity contribution in [1.29, 1.82) is 0 Å². The van der Waals surface area contributed by atoms with Crippen LogP contribution < -0.4 is 5.46 Å². The molecule has 2 saturated heterocycles. The van der Waals surface area contributed by atoms with Crippen molar-refractivity contribution in [3.05, 3.63) is 48.3 Å². The summed E-state index contributed by atoms with van der Waals surface area (Å²) in [7, 11) is -0.374. The molecule has 3 fully saturated rings. The molecule has 7 nitrogen and oxygen atoms in total. The normalized spacial score (nSPS) is 25.9. The van der Waals surface area contributed by atoms with Gasteiger partial charge >= 0.3 is 13.2 Å². The van der Waals surface area contributed by atoms with Crippen LogP contribution in [0.1, 0.15) is 79.6 Å². The first-order valence-electron chi connectivity index (χ1n) is 13.8. The lowest BCUT2D eigenvalue weighted by Gasteiger charge is -2.35. The average Bonchev–Trinajstić information content (AvgIpc) is 3.59. The summed E-state index contributed by atoms with van der Waals surface area (Å²) in [5.74, 6) is 1.27. The Bertz CT molecular complexity index is 1360. The maximum Gasteiger partial charge on any atom is 0.494 e. The summed E-state index contributed by atoms with van der Waals surface area (Å²) < 4.78 is 18.2. The lowest BCUT2D eigenvalue weighted by Crippen LogP contribution is -2.43. The first kappa shape index (κ1) is 25.4. The van der Waals surface area contributed by atoms with Gasteiger partial charge in [0.05, 0.1) is 28.3 Å². The number of fused-ring (bicyclic) bond motifs is 3. The summed E-state index contributed by atoms with van der Waals surface area (Å²) in [4.78, 5) is 23.6. The SMILES string of the molecule is CC(C)(C)OC(=O)N1C(c2nc3ccc(-c4ccc(B5OC(C)(C)C(C)(C)O5)cc4)cc3[nH]2)[C@H]2CC[C@@H]1C2. The summed E-state index contributed by atoms with van der Waals surface area (Å²) >= 11 is 0. The fraction of sp³-hybridized carbons (Fsp3) is 0.533. The standard InChI is InChI=1S/C30H38BN3O4/c1-28(2,3)36-27(35)34-22-14-10-20(16-22)25(34)26-32-23-15-11-19(17-24(23)33-26)18-8-12-21(13-9-18)31-37-29(4,5)30(6,7)38-31/h8-9,11-13,15,17,20,22,25H,10,14,16H2,1-7H3,(H,32,33)/t20-,22+,25?/m0/s1. The Morgan fingerprint density at radius 2 is 1.68 bits per heavy atom. The zero-order chi connectivity index (χ0) is 27.0. The van der Waals surface area contributed by atoms with E-state index in [0.29, 0.717) is 5.92 Å². The van der Waals surface area contributed by atoms with Crippen LogP contribution in [0.4, 0.5) is 4.79 Å². The first-order valence-corrected chi connectivity index (χ1v) is 13.8. The molecule has 3 heterocycles. The van der Waals surface area contributed by atoms with Gasteiger partial charge in [-0.15, -0.1) is 0 Å². The zero-order valence-electron chi connectivity index (χ0n) is 23.5. The summed E-state index contributed by atoms with van der Waals surface area (Å²) in [6.07, 6.45) is 2.93. The molecule has 1 amide bonds. The topological polar surface area (TPSA) is 76.7 Å². The molecule has 0 spiro atoms.